The van der Waals surface area contributed by atoms with Gasteiger partial charge in [-0.15, -0.1) is 0 Å². The molecule has 5 heteroatoms. The van der Waals surface area contributed by atoms with E-state index in [1.165, 1.54) is 0 Å². The van der Waals surface area contributed by atoms with Gasteiger partial charge in [0.05, 0.1) is 0 Å². The molecule has 2 rings (SSSR count). The number of ether oxygens (including phenoxy) is 1. The molecule has 2 aromatic carbocycles. The van der Waals surface area contributed by atoms with Crippen LogP contribution >= 0.6 is 23.2 Å². The Hall–Kier alpha value is -1.71. The van der Waals surface area contributed by atoms with E-state index >= 15 is 0 Å². The number of para-hydroxylation sites is 1. The first-order valence-corrected chi connectivity index (χ1v) is 6.32. The molecule has 0 radical (unpaired) electrons. The molecule has 0 saturated heterocycles. The number of amides is 1. The van der Waals surface area contributed by atoms with Gasteiger partial charge in [-0.1, -0.05) is 71.7 Å². The van der Waals surface area contributed by atoms with E-state index in [0.29, 0.717) is 11.3 Å². The maximum absolute atomic E-state index is 11.7. The molecule has 0 saturated carbocycles. The Morgan fingerprint density at radius 2 is 1.47 bits per heavy atom. The lowest BCUT2D eigenvalue weighted by molar-refractivity contribution is 0.198. The van der Waals surface area contributed by atoms with Gasteiger partial charge in [-0.05, 0) is 12.1 Å². The molecule has 0 atom stereocenters. The van der Waals surface area contributed by atoms with Crippen molar-refractivity contribution in [3.05, 3.63) is 66.2 Å². The number of alkyl halides is 2. The molecular formula is C14H11Cl2NO2. The minimum absolute atomic E-state index is 0.414. The van der Waals surface area contributed by atoms with Crippen molar-refractivity contribution < 1.29 is 9.53 Å². The molecule has 98 valence electrons. The summed E-state index contributed by atoms with van der Waals surface area (Å²) in [5.74, 6) is 0.414. The quantitative estimate of drug-likeness (QED) is 0.685. The summed E-state index contributed by atoms with van der Waals surface area (Å²) >= 11 is 12.2. The molecule has 3 nitrogen and oxygen atoms in total. The molecule has 1 amide bonds. The van der Waals surface area contributed by atoms with Crippen LogP contribution in [0.15, 0.2) is 60.7 Å². The second kappa shape index (κ2) is 5.95. The molecule has 0 aliphatic rings. The van der Waals surface area contributed by atoms with Crippen LogP contribution in [0.4, 0.5) is 4.79 Å². The Labute approximate surface area is 121 Å². The Balaban J connectivity index is 2.02. The van der Waals surface area contributed by atoms with E-state index in [4.69, 9.17) is 27.9 Å². The van der Waals surface area contributed by atoms with Gasteiger partial charge < -0.3 is 4.74 Å². The predicted octanol–water partition coefficient (Wildman–Crippen LogP) is 4.06. The lowest BCUT2D eigenvalue weighted by atomic mass is 10.2. The first-order valence-electron chi connectivity index (χ1n) is 5.56. The van der Waals surface area contributed by atoms with E-state index in [0.717, 1.165) is 0 Å². The Kier molecular flexibility index (Phi) is 4.30. The zero-order valence-corrected chi connectivity index (χ0v) is 11.4. The SMILES string of the molecule is O=C(NC(Cl)(Cl)c1ccccc1)Oc1ccccc1. The molecule has 0 heterocycles. The van der Waals surface area contributed by atoms with Crippen LogP contribution < -0.4 is 10.1 Å². The van der Waals surface area contributed by atoms with Crippen molar-refractivity contribution in [3.63, 3.8) is 0 Å². The monoisotopic (exact) mass is 295 g/mol. The summed E-state index contributed by atoms with van der Waals surface area (Å²) in [6.45, 7) is 0. The fraction of sp³-hybridized carbons (Fsp3) is 0.0714. The van der Waals surface area contributed by atoms with Gasteiger partial charge in [-0.2, -0.15) is 0 Å². The highest BCUT2D eigenvalue weighted by atomic mass is 35.5. The van der Waals surface area contributed by atoms with Crippen molar-refractivity contribution in [2.45, 2.75) is 4.46 Å². The van der Waals surface area contributed by atoms with Crippen molar-refractivity contribution in [3.8, 4) is 5.75 Å². The zero-order valence-electron chi connectivity index (χ0n) is 9.85. The van der Waals surface area contributed by atoms with Crippen LogP contribution in [0.1, 0.15) is 5.56 Å². The van der Waals surface area contributed by atoms with Gasteiger partial charge in [0.15, 0.2) is 0 Å². The third-order valence-corrected chi connectivity index (χ3v) is 2.97. The van der Waals surface area contributed by atoms with E-state index in [2.05, 4.69) is 5.32 Å². The number of hydrogen-bond acceptors (Lipinski definition) is 2. The van der Waals surface area contributed by atoms with Gasteiger partial charge in [0, 0.05) is 5.56 Å². The molecule has 2 aromatic rings. The predicted molar refractivity (Wildman–Crippen MR) is 75.4 cm³/mol. The standard InChI is InChI=1S/C14H11Cl2NO2/c15-14(16,11-7-3-1-4-8-11)17-13(18)19-12-9-5-2-6-10-12/h1-10H,(H,17,18). The van der Waals surface area contributed by atoms with Crippen molar-refractivity contribution in [1.29, 1.82) is 0 Å². The first kappa shape index (κ1) is 13.7. The van der Waals surface area contributed by atoms with Crippen molar-refractivity contribution in [2.75, 3.05) is 0 Å². The molecule has 0 spiro atoms. The van der Waals surface area contributed by atoms with Gasteiger partial charge in [-0.25, -0.2) is 4.79 Å². The summed E-state index contributed by atoms with van der Waals surface area (Å²) in [5.41, 5.74) is 0.559. The van der Waals surface area contributed by atoms with Gasteiger partial charge in [0.1, 0.15) is 5.75 Å². The van der Waals surface area contributed by atoms with Crippen LogP contribution in [0.2, 0.25) is 0 Å². The fourth-order valence-electron chi connectivity index (χ4n) is 1.47. The average molecular weight is 296 g/mol. The number of hydrogen-bond donors (Lipinski definition) is 1. The average Bonchev–Trinajstić information content (AvgIpc) is 2.40. The van der Waals surface area contributed by atoms with Crippen LogP contribution in [0.5, 0.6) is 5.75 Å². The van der Waals surface area contributed by atoms with Crippen LogP contribution in [-0.2, 0) is 4.46 Å². The molecule has 0 unspecified atom stereocenters. The van der Waals surface area contributed by atoms with E-state index < -0.39 is 10.6 Å². The normalized spacial score (nSPS) is 10.8. The topological polar surface area (TPSA) is 38.3 Å². The van der Waals surface area contributed by atoms with E-state index in [9.17, 15) is 4.79 Å². The number of carbonyl (C=O) groups is 1. The lowest BCUT2D eigenvalue weighted by Gasteiger charge is -2.21. The summed E-state index contributed by atoms with van der Waals surface area (Å²) in [7, 11) is 0. The van der Waals surface area contributed by atoms with Crippen LogP contribution in [0.3, 0.4) is 0 Å². The van der Waals surface area contributed by atoms with Gasteiger partial charge in [-0.3, -0.25) is 5.32 Å². The number of benzene rings is 2. The van der Waals surface area contributed by atoms with E-state index in [1.807, 2.05) is 12.1 Å². The Morgan fingerprint density at radius 3 is 2.05 bits per heavy atom. The maximum Gasteiger partial charge on any atom is 0.415 e. The fourth-order valence-corrected chi connectivity index (χ4v) is 1.88. The zero-order chi connectivity index (χ0) is 13.7. The minimum atomic E-state index is -1.53. The summed E-state index contributed by atoms with van der Waals surface area (Å²) < 4.78 is 3.52. The van der Waals surface area contributed by atoms with Crippen molar-refractivity contribution in [1.82, 2.24) is 5.32 Å². The van der Waals surface area contributed by atoms with Gasteiger partial charge in [0.2, 0.25) is 4.46 Å². The Bertz CT molecular complexity index is 544. The molecule has 19 heavy (non-hydrogen) atoms. The second-order valence-corrected chi connectivity index (χ2v) is 5.10. The van der Waals surface area contributed by atoms with Crippen LogP contribution in [0, 0.1) is 0 Å². The third kappa shape index (κ3) is 3.88. The van der Waals surface area contributed by atoms with Crippen molar-refractivity contribution in [2.24, 2.45) is 0 Å². The molecule has 0 aromatic heterocycles. The summed E-state index contributed by atoms with van der Waals surface area (Å²) in [6.07, 6.45) is -0.722. The molecule has 0 fully saturated rings. The molecule has 0 aliphatic heterocycles. The smallest absolute Gasteiger partial charge is 0.410 e. The maximum atomic E-state index is 11.7. The number of carbonyl (C=O) groups excluding carboxylic acids is 1. The molecule has 0 bridgehead atoms. The highest BCUT2D eigenvalue weighted by molar-refractivity contribution is 6.48. The van der Waals surface area contributed by atoms with E-state index in [-0.39, 0.29) is 0 Å². The largest absolute Gasteiger partial charge is 0.415 e. The number of halogens is 2. The van der Waals surface area contributed by atoms with Crippen LogP contribution in [0.25, 0.3) is 0 Å². The molecular weight excluding hydrogens is 285 g/mol. The number of rotatable bonds is 3. The van der Waals surface area contributed by atoms with E-state index in [1.54, 1.807) is 48.5 Å². The first-order chi connectivity index (χ1) is 9.08. The van der Waals surface area contributed by atoms with Crippen LogP contribution in [-0.4, -0.2) is 6.09 Å². The summed E-state index contributed by atoms with van der Waals surface area (Å²) in [6, 6.07) is 17.5. The molecule has 0 aliphatic carbocycles. The van der Waals surface area contributed by atoms with Gasteiger partial charge >= 0.3 is 6.09 Å². The lowest BCUT2D eigenvalue weighted by Crippen LogP contribution is -2.38. The Morgan fingerprint density at radius 1 is 0.947 bits per heavy atom. The summed E-state index contributed by atoms with van der Waals surface area (Å²) in [5, 5.41) is 2.39. The third-order valence-electron chi connectivity index (χ3n) is 2.35. The van der Waals surface area contributed by atoms with Gasteiger partial charge in [0.25, 0.3) is 0 Å². The van der Waals surface area contributed by atoms with Crippen molar-refractivity contribution >= 4 is 29.3 Å². The minimum Gasteiger partial charge on any atom is -0.410 e. The number of nitrogens with one attached hydrogen (secondary N) is 1. The molecule has 1 N–H and O–H groups in total. The highest BCUT2D eigenvalue weighted by Crippen LogP contribution is 2.30. The second-order valence-electron chi connectivity index (χ2n) is 3.77. The summed E-state index contributed by atoms with van der Waals surface area (Å²) in [4.78, 5) is 11.7. The highest BCUT2D eigenvalue weighted by Gasteiger charge is 2.29.